The van der Waals surface area contributed by atoms with Crippen molar-refractivity contribution in [2.75, 3.05) is 5.73 Å². The predicted molar refractivity (Wildman–Crippen MR) is 71.8 cm³/mol. The molecule has 96 valence electrons. The summed E-state index contributed by atoms with van der Waals surface area (Å²) in [5, 5.41) is 9.40. The first-order chi connectivity index (χ1) is 9.24. The van der Waals surface area contributed by atoms with Gasteiger partial charge in [0.15, 0.2) is 0 Å². The van der Waals surface area contributed by atoms with E-state index in [9.17, 15) is 4.79 Å². The van der Waals surface area contributed by atoms with Gasteiger partial charge in [-0.15, -0.1) is 10.2 Å². The highest BCUT2D eigenvalue weighted by atomic mass is 32.1. The fourth-order valence-corrected chi connectivity index (χ4v) is 2.34. The van der Waals surface area contributed by atoms with Gasteiger partial charge in [-0.3, -0.25) is 14.3 Å². The molecule has 7 nitrogen and oxygen atoms in total. The Labute approximate surface area is 111 Å². The minimum atomic E-state index is -0.101. The number of aromatic nitrogens is 5. The average Bonchev–Trinajstić information content (AvgIpc) is 2.84. The van der Waals surface area contributed by atoms with E-state index in [0.717, 1.165) is 5.01 Å². The third-order valence-electron chi connectivity index (χ3n) is 2.67. The van der Waals surface area contributed by atoms with Crippen molar-refractivity contribution in [1.29, 1.82) is 0 Å². The lowest BCUT2D eigenvalue weighted by Gasteiger charge is -2.04. The largest absolute Gasteiger partial charge is 0.374 e. The van der Waals surface area contributed by atoms with Crippen LogP contribution in [0, 0.1) is 0 Å². The minimum absolute atomic E-state index is 0.101. The molecule has 0 aromatic carbocycles. The van der Waals surface area contributed by atoms with Crippen LogP contribution in [0.5, 0.6) is 0 Å². The number of pyridine rings is 1. The van der Waals surface area contributed by atoms with Gasteiger partial charge in [-0.05, 0) is 6.07 Å². The smallest absolute Gasteiger partial charge is 0.262 e. The van der Waals surface area contributed by atoms with Crippen molar-refractivity contribution < 1.29 is 0 Å². The molecule has 0 saturated heterocycles. The Kier molecular flexibility index (Phi) is 2.92. The van der Waals surface area contributed by atoms with Crippen molar-refractivity contribution in [3.05, 3.63) is 40.1 Å². The van der Waals surface area contributed by atoms with E-state index in [1.165, 1.54) is 23.9 Å². The fourth-order valence-electron chi connectivity index (χ4n) is 1.75. The van der Waals surface area contributed by atoms with Crippen molar-refractivity contribution in [1.82, 2.24) is 24.7 Å². The summed E-state index contributed by atoms with van der Waals surface area (Å²) in [6.45, 7) is 0.491. The number of rotatable bonds is 3. The minimum Gasteiger partial charge on any atom is -0.374 e. The Morgan fingerprint density at radius 2 is 2.26 bits per heavy atom. The third-order valence-corrected chi connectivity index (χ3v) is 3.49. The molecule has 0 amide bonds. The van der Waals surface area contributed by atoms with Gasteiger partial charge < -0.3 is 5.73 Å². The number of nitrogens with two attached hydrogens (primary N) is 1. The number of fused-ring (bicyclic) bond motifs is 1. The highest BCUT2D eigenvalue weighted by molar-refractivity contribution is 7.15. The quantitative estimate of drug-likeness (QED) is 0.745. The van der Waals surface area contributed by atoms with Gasteiger partial charge in [0.25, 0.3) is 5.56 Å². The van der Waals surface area contributed by atoms with Gasteiger partial charge in [0.1, 0.15) is 5.01 Å². The van der Waals surface area contributed by atoms with Gasteiger partial charge in [0, 0.05) is 25.4 Å². The van der Waals surface area contributed by atoms with E-state index in [1.807, 2.05) is 0 Å². The molecular formula is C11H10N6OS. The summed E-state index contributed by atoms with van der Waals surface area (Å²) in [4.78, 5) is 20.4. The SMILES string of the molecule is Nc1nnc(CCn2cnc3ccncc3c2=O)s1. The topological polar surface area (TPSA) is 99.6 Å². The van der Waals surface area contributed by atoms with Gasteiger partial charge in [-0.25, -0.2) is 4.98 Å². The second-order valence-corrected chi connectivity index (χ2v) is 5.01. The van der Waals surface area contributed by atoms with E-state index in [-0.39, 0.29) is 5.56 Å². The molecule has 0 aliphatic carbocycles. The van der Waals surface area contributed by atoms with Crippen LogP contribution in [0.3, 0.4) is 0 Å². The maximum atomic E-state index is 12.2. The highest BCUT2D eigenvalue weighted by Gasteiger charge is 2.06. The van der Waals surface area contributed by atoms with Gasteiger partial charge in [0.05, 0.1) is 17.2 Å². The van der Waals surface area contributed by atoms with Crippen LogP contribution >= 0.6 is 11.3 Å². The highest BCUT2D eigenvalue weighted by Crippen LogP contribution is 2.12. The van der Waals surface area contributed by atoms with Crippen LogP contribution in [0.1, 0.15) is 5.01 Å². The van der Waals surface area contributed by atoms with Crippen molar-refractivity contribution >= 4 is 27.4 Å². The van der Waals surface area contributed by atoms with Crippen LogP contribution in [-0.2, 0) is 13.0 Å². The van der Waals surface area contributed by atoms with E-state index < -0.39 is 0 Å². The summed E-state index contributed by atoms with van der Waals surface area (Å²) in [6, 6.07) is 1.71. The standard InChI is InChI=1S/C11H10N6OS/c12-11-16-15-9(19-11)2-4-17-6-14-8-1-3-13-5-7(8)10(17)18/h1,3,5-6H,2,4H2,(H2,12,16). The predicted octanol–water partition coefficient (Wildman–Crippen LogP) is 0.468. The van der Waals surface area contributed by atoms with Crippen LogP contribution in [0.2, 0.25) is 0 Å². The zero-order chi connectivity index (χ0) is 13.2. The van der Waals surface area contributed by atoms with Crippen molar-refractivity contribution in [3.8, 4) is 0 Å². The van der Waals surface area contributed by atoms with Crippen LogP contribution in [-0.4, -0.2) is 24.7 Å². The van der Waals surface area contributed by atoms with E-state index in [2.05, 4.69) is 20.2 Å². The first-order valence-corrected chi connectivity index (χ1v) is 6.43. The molecule has 0 spiro atoms. The Hall–Kier alpha value is -2.35. The number of hydrogen-bond acceptors (Lipinski definition) is 7. The zero-order valence-corrected chi connectivity index (χ0v) is 10.7. The molecular weight excluding hydrogens is 264 g/mol. The van der Waals surface area contributed by atoms with E-state index in [4.69, 9.17) is 5.73 Å². The molecule has 0 fully saturated rings. The number of nitrogens with zero attached hydrogens (tertiary/aromatic N) is 5. The monoisotopic (exact) mass is 274 g/mol. The molecule has 0 radical (unpaired) electrons. The maximum absolute atomic E-state index is 12.2. The maximum Gasteiger partial charge on any atom is 0.262 e. The summed E-state index contributed by atoms with van der Waals surface area (Å²) in [7, 11) is 0. The number of nitrogen functional groups attached to an aromatic ring is 1. The van der Waals surface area contributed by atoms with Crippen LogP contribution < -0.4 is 11.3 Å². The molecule has 0 bridgehead atoms. The molecule has 3 rings (SSSR count). The Morgan fingerprint density at radius 3 is 3.05 bits per heavy atom. The fraction of sp³-hybridized carbons (Fsp3) is 0.182. The molecule has 0 unspecified atom stereocenters. The second-order valence-electron chi connectivity index (χ2n) is 3.92. The van der Waals surface area contributed by atoms with Crippen LogP contribution in [0.15, 0.2) is 29.6 Å². The van der Waals surface area contributed by atoms with Gasteiger partial charge in [-0.1, -0.05) is 11.3 Å². The molecule has 0 aliphatic rings. The van der Waals surface area contributed by atoms with Gasteiger partial charge in [-0.2, -0.15) is 0 Å². The van der Waals surface area contributed by atoms with E-state index in [1.54, 1.807) is 16.8 Å². The lowest BCUT2D eigenvalue weighted by atomic mass is 10.3. The molecule has 0 saturated carbocycles. The van der Waals surface area contributed by atoms with Crippen LogP contribution in [0.4, 0.5) is 5.13 Å². The second kappa shape index (κ2) is 4.73. The number of hydrogen-bond donors (Lipinski definition) is 1. The molecule has 2 N–H and O–H groups in total. The average molecular weight is 274 g/mol. The molecule has 3 aromatic rings. The normalized spacial score (nSPS) is 10.9. The van der Waals surface area contributed by atoms with E-state index >= 15 is 0 Å². The van der Waals surface area contributed by atoms with Gasteiger partial charge >= 0.3 is 0 Å². The van der Waals surface area contributed by atoms with Crippen molar-refractivity contribution in [3.63, 3.8) is 0 Å². The first kappa shape index (κ1) is 11.7. The van der Waals surface area contributed by atoms with Crippen molar-refractivity contribution in [2.45, 2.75) is 13.0 Å². The Morgan fingerprint density at radius 1 is 1.37 bits per heavy atom. The molecule has 0 atom stereocenters. The lowest BCUT2D eigenvalue weighted by molar-refractivity contribution is 0.657. The zero-order valence-electron chi connectivity index (χ0n) is 9.85. The summed E-state index contributed by atoms with van der Waals surface area (Å²) in [5.74, 6) is 0. The molecule has 8 heteroatoms. The number of aryl methyl sites for hydroxylation is 2. The molecule has 0 aliphatic heterocycles. The van der Waals surface area contributed by atoms with Crippen LogP contribution in [0.25, 0.3) is 10.9 Å². The van der Waals surface area contributed by atoms with Crippen molar-refractivity contribution in [2.24, 2.45) is 0 Å². The summed E-state index contributed by atoms with van der Waals surface area (Å²) in [6.07, 6.45) is 5.28. The number of anilines is 1. The Balaban J connectivity index is 1.89. The lowest BCUT2D eigenvalue weighted by Crippen LogP contribution is -2.21. The summed E-state index contributed by atoms with van der Waals surface area (Å²) < 4.78 is 1.54. The van der Waals surface area contributed by atoms with Gasteiger partial charge in [0.2, 0.25) is 5.13 Å². The third kappa shape index (κ3) is 2.29. The Bertz CT molecular complexity index is 780. The summed E-state index contributed by atoms with van der Waals surface area (Å²) >= 11 is 1.32. The van der Waals surface area contributed by atoms with E-state index in [0.29, 0.717) is 29.0 Å². The molecule has 19 heavy (non-hydrogen) atoms. The molecule has 3 heterocycles. The first-order valence-electron chi connectivity index (χ1n) is 5.61. The summed E-state index contributed by atoms with van der Waals surface area (Å²) in [5.41, 5.74) is 6.06. The molecule has 3 aromatic heterocycles.